The van der Waals surface area contributed by atoms with Gasteiger partial charge in [0, 0.05) is 13.2 Å². The molecule has 0 saturated carbocycles. The van der Waals surface area contributed by atoms with E-state index in [4.69, 9.17) is 23.8 Å². The van der Waals surface area contributed by atoms with Crippen LogP contribution >= 0.6 is 7.52 Å². The van der Waals surface area contributed by atoms with Gasteiger partial charge in [-0.2, -0.15) is 0 Å². The Morgan fingerprint density at radius 2 is 1.89 bits per heavy atom. The van der Waals surface area contributed by atoms with Crippen LogP contribution in [0.4, 0.5) is 0 Å². The summed E-state index contributed by atoms with van der Waals surface area (Å²) in [6, 6.07) is 3.70. The molecule has 9 nitrogen and oxygen atoms in total. The molecule has 156 valence electrons. The summed E-state index contributed by atoms with van der Waals surface area (Å²) in [7, 11) is -0.900. The first-order valence-electron chi connectivity index (χ1n) is 8.45. The molecule has 1 rings (SSSR count). The van der Waals surface area contributed by atoms with Crippen LogP contribution in [-0.4, -0.2) is 49.8 Å². The number of carbonyl (C=O) groups is 2. The quantitative estimate of drug-likeness (QED) is 0.319. The third kappa shape index (κ3) is 7.72. The molecule has 0 heterocycles. The molecule has 0 spiro atoms. The number of esters is 1. The summed E-state index contributed by atoms with van der Waals surface area (Å²) in [5.41, 5.74) is 0.551. The fraction of sp³-hybridized carbons (Fsp3) is 0.444. The number of carboxylic acid groups (broad SMARTS) is 1. The van der Waals surface area contributed by atoms with Crippen molar-refractivity contribution in [3.63, 3.8) is 0 Å². The minimum absolute atomic E-state index is 0.146. The zero-order chi connectivity index (χ0) is 21.3. The minimum atomic E-state index is -3.65. The Kier molecular flexibility index (Phi) is 9.18. The predicted octanol–water partition coefficient (Wildman–Crippen LogP) is 2.90. The van der Waals surface area contributed by atoms with Gasteiger partial charge in [0.1, 0.15) is 12.4 Å². The van der Waals surface area contributed by atoms with Crippen molar-refractivity contribution in [1.82, 2.24) is 5.09 Å². The van der Waals surface area contributed by atoms with E-state index in [2.05, 4.69) is 5.09 Å². The first-order valence-corrected chi connectivity index (χ1v) is 10.3. The lowest BCUT2D eigenvalue weighted by Crippen LogP contribution is -2.36. The first kappa shape index (κ1) is 23.7. The number of hydrogen-bond donors (Lipinski definition) is 2. The number of methoxy groups -OCH3 is 2. The maximum absolute atomic E-state index is 13.1. The molecule has 1 aromatic rings. The molecule has 2 N–H and O–H groups in total. The second-order valence-electron chi connectivity index (χ2n) is 6.10. The number of aliphatic carboxylic acids is 1. The summed E-state index contributed by atoms with van der Waals surface area (Å²) in [5, 5.41) is 11.4. The normalized spacial score (nSPS) is 14.5. The van der Waals surface area contributed by atoms with Crippen molar-refractivity contribution in [2.75, 3.05) is 20.6 Å². The molecule has 0 aromatic heterocycles. The van der Waals surface area contributed by atoms with Gasteiger partial charge in [0.15, 0.2) is 11.5 Å². The van der Waals surface area contributed by atoms with E-state index in [9.17, 15) is 14.2 Å². The van der Waals surface area contributed by atoms with Crippen LogP contribution in [-0.2, 0) is 23.6 Å². The summed E-state index contributed by atoms with van der Waals surface area (Å²) in [6.45, 7) is 4.93. The number of hydrogen-bond acceptors (Lipinski definition) is 7. The second kappa shape index (κ2) is 10.8. The zero-order valence-corrected chi connectivity index (χ0v) is 17.4. The number of rotatable bonds is 11. The fourth-order valence-corrected chi connectivity index (χ4v) is 3.82. The van der Waals surface area contributed by atoms with Gasteiger partial charge in [0.05, 0.1) is 13.2 Å². The third-order valence-corrected chi connectivity index (χ3v) is 5.12. The summed E-state index contributed by atoms with van der Waals surface area (Å²) < 4.78 is 34.1. The molecule has 0 bridgehead atoms. The highest BCUT2D eigenvalue weighted by Crippen LogP contribution is 2.46. The summed E-state index contributed by atoms with van der Waals surface area (Å²) in [6.07, 6.45) is 1.75. The van der Waals surface area contributed by atoms with Crippen molar-refractivity contribution in [3.8, 4) is 11.5 Å². The Morgan fingerprint density at radius 1 is 1.21 bits per heavy atom. The van der Waals surface area contributed by atoms with Gasteiger partial charge in [-0.15, -0.1) is 0 Å². The van der Waals surface area contributed by atoms with E-state index in [1.165, 1.54) is 39.4 Å². The highest BCUT2D eigenvalue weighted by molar-refractivity contribution is 7.57. The smallest absolute Gasteiger partial charge is 0.342 e. The molecule has 0 aliphatic heterocycles. The van der Waals surface area contributed by atoms with Gasteiger partial charge >= 0.3 is 19.5 Å². The number of carboxylic acids is 1. The van der Waals surface area contributed by atoms with Crippen LogP contribution in [0.1, 0.15) is 26.3 Å². The Labute approximate surface area is 164 Å². The van der Waals surface area contributed by atoms with Crippen molar-refractivity contribution < 1.29 is 38.0 Å². The van der Waals surface area contributed by atoms with E-state index >= 15 is 0 Å². The molecule has 2 atom stereocenters. The van der Waals surface area contributed by atoms with E-state index in [-0.39, 0.29) is 24.0 Å². The van der Waals surface area contributed by atoms with Crippen LogP contribution in [0.5, 0.6) is 11.5 Å². The Bertz CT molecular complexity index is 762. The van der Waals surface area contributed by atoms with Crippen molar-refractivity contribution >= 4 is 25.5 Å². The molecular formula is C18H26NO8P. The molecule has 10 heteroatoms. The molecule has 1 unspecified atom stereocenters. The SMILES string of the molecule is COCP(=O)(N[C@@H](C)C(=O)OC(C)C)Oc1ccc(/C=C/C(=O)O)cc1OC. The number of benzene rings is 1. The highest BCUT2D eigenvalue weighted by atomic mass is 31.2. The fourth-order valence-electron chi connectivity index (χ4n) is 2.13. The molecule has 0 fully saturated rings. The highest BCUT2D eigenvalue weighted by Gasteiger charge is 2.31. The zero-order valence-electron chi connectivity index (χ0n) is 16.5. The predicted molar refractivity (Wildman–Crippen MR) is 104 cm³/mol. The average Bonchev–Trinajstić information content (AvgIpc) is 2.60. The Balaban J connectivity index is 3.05. The van der Waals surface area contributed by atoms with Gasteiger partial charge in [0.2, 0.25) is 0 Å². The standard InChI is InChI=1S/C18H26NO8P/c1-12(2)26-18(22)13(3)19-28(23,11-24-4)27-15-8-6-14(7-9-17(20)21)10-16(15)25-5/h6-10,12-13H,11H2,1-5H3,(H,19,23)(H,20,21)/b9-7+/t13-,28?/m0/s1. The molecule has 0 aliphatic rings. The van der Waals surface area contributed by atoms with Crippen molar-refractivity contribution in [2.45, 2.75) is 32.9 Å². The third-order valence-electron chi connectivity index (χ3n) is 3.25. The number of ether oxygens (including phenoxy) is 3. The average molecular weight is 415 g/mol. The summed E-state index contributed by atoms with van der Waals surface area (Å²) >= 11 is 0. The maximum Gasteiger partial charge on any atom is 0.342 e. The molecule has 28 heavy (non-hydrogen) atoms. The lowest BCUT2D eigenvalue weighted by atomic mass is 10.2. The van der Waals surface area contributed by atoms with Gasteiger partial charge in [-0.3, -0.25) is 9.36 Å². The van der Waals surface area contributed by atoms with E-state index in [0.717, 1.165) is 6.08 Å². The van der Waals surface area contributed by atoms with Gasteiger partial charge in [-0.1, -0.05) is 6.07 Å². The summed E-state index contributed by atoms with van der Waals surface area (Å²) in [5.74, 6) is -1.28. The van der Waals surface area contributed by atoms with Gasteiger partial charge in [0.25, 0.3) is 0 Å². The van der Waals surface area contributed by atoms with Crippen molar-refractivity contribution in [1.29, 1.82) is 0 Å². The molecule has 0 saturated heterocycles. The molecule has 0 radical (unpaired) electrons. The van der Waals surface area contributed by atoms with Crippen LogP contribution in [0, 0.1) is 0 Å². The lowest BCUT2D eigenvalue weighted by molar-refractivity contribution is -0.149. The van der Waals surface area contributed by atoms with Crippen LogP contribution in [0.15, 0.2) is 24.3 Å². The number of carbonyl (C=O) groups excluding carboxylic acids is 1. The first-order chi connectivity index (χ1) is 13.1. The topological polar surface area (TPSA) is 120 Å². The van der Waals surface area contributed by atoms with Gasteiger partial charge < -0.3 is 23.8 Å². The molecule has 0 aliphatic carbocycles. The summed E-state index contributed by atoms with van der Waals surface area (Å²) in [4.78, 5) is 22.6. The molecule has 1 aromatic carbocycles. The lowest BCUT2D eigenvalue weighted by Gasteiger charge is -2.24. The Hall–Kier alpha value is -2.35. The van der Waals surface area contributed by atoms with Crippen molar-refractivity contribution in [3.05, 3.63) is 29.8 Å². The molecule has 0 amide bonds. The Morgan fingerprint density at radius 3 is 2.43 bits per heavy atom. The second-order valence-corrected chi connectivity index (χ2v) is 8.15. The van der Waals surface area contributed by atoms with Crippen LogP contribution in [0.3, 0.4) is 0 Å². The van der Waals surface area contributed by atoms with Crippen LogP contribution in [0.2, 0.25) is 0 Å². The monoisotopic (exact) mass is 415 g/mol. The van der Waals surface area contributed by atoms with Gasteiger partial charge in [-0.05, 0) is 44.5 Å². The van der Waals surface area contributed by atoms with E-state index < -0.39 is 25.5 Å². The van der Waals surface area contributed by atoms with Crippen molar-refractivity contribution in [2.24, 2.45) is 0 Å². The molecular weight excluding hydrogens is 389 g/mol. The number of nitrogens with one attached hydrogen (secondary N) is 1. The van der Waals surface area contributed by atoms with Crippen LogP contribution < -0.4 is 14.3 Å². The van der Waals surface area contributed by atoms with Crippen LogP contribution in [0.25, 0.3) is 6.08 Å². The van der Waals surface area contributed by atoms with E-state index in [1.807, 2.05) is 0 Å². The van der Waals surface area contributed by atoms with E-state index in [0.29, 0.717) is 5.56 Å². The van der Waals surface area contributed by atoms with Gasteiger partial charge in [-0.25, -0.2) is 9.88 Å². The largest absolute Gasteiger partial charge is 0.493 e. The van der Waals surface area contributed by atoms with E-state index in [1.54, 1.807) is 19.9 Å². The minimum Gasteiger partial charge on any atom is -0.493 e. The maximum atomic E-state index is 13.1.